The summed E-state index contributed by atoms with van der Waals surface area (Å²) in [7, 11) is 0. The number of hydrogen-bond donors (Lipinski definition) is 1. The first kappa shape index (κ1) is 12.2. The van der Waals surface area contributed by atoms with Gasteiger partial charge in [-0.3, -0.25) is 0 Å². The van der Waals surface area contributed by atoms with Gasteiger partial charge in [0.05, 0.1) is 0 Å². The summed E-state index contributed by atoms with van der Waals surface area (Å²) in [6.07, 6.45) is 3.97. The van der Waals surface area contributed by atoms with Gasteiger partial charge in [-0.1, -0.05) is 27.2 Å². The highest BCUT2D eigenvalue weighted by atomic mass is 35.5. The van der Waals surface area contributed by atoms with Crippen LogP contribution in [0.3, 0.4) is 0 Å². The minimum atomic E-state index is 0. The molecule has 3 unspecified atom stereocenters. The Kier molecular flexibility index (Phi) is 5.19. The standard InChI is InChI=1S/C10H21N.ClH/c1-7(2)9-5-4-8(3)6-10(9)11;/h7-10H,4-6,11H2,1-3H3;1H. The van der Waals surface area contributed by atoms with Crippen LogP contribution in [0.25, 0.3) is 0 Å². The van der Waals surface area contributed by atoms with Crippen molar-refractivity contribution in [1.29, 1.82) is 0 Å². The van der Waals surface area contributed by atoms with Gasteiger partial charge in [-0.2, -0.15) is 0 Å². The van der Waals surface area contributed by atoms with Crippen LogP contribution in [0.15, 0.2) is 0 Å². The zero-order valence-electron chi connectivity index (χ0n) is 8.42. The van der Waals surface area contributed by atoms with Crippen molar-refractivity contribution in [3.63, 3.8) is 0 Å². The predicted octanol–water partition coefficient (Wildman–Crippen LogP) is 2.83. The van der Waals surface area contributed by atoms with Gasteiger partial charge in [-0.15, -0.1) is 12.4 Å². The van der Waals surface area contributed by atoms with E-state index in [0.29, 0.717) is 6.04 Å². The summed E-state index contributed by atoms with van der Waals surface area (Å²) >= 11 is 0. The SMILES string of the molecule is CC1CCC(C(C)C)C(N)C1.Cl. The Morgan fingerprint density at radius 2 is 1.83 bits per heavy atom. The van der Waals surface area contributed by atoms with Crippen molar-refractivity contribution in [3.05, 3.63) is 0 Å². The molecule has 1 rings (SSSR count). The summed E-state index contributed by atoms with van der Waals surface area (Å²) in [5.41, 5.74) is 6.07. The molecule has 0 aromatic rings. The Balaban J connectivity index is 0.00000121. The second kappa shape index (κ2) is 5.08. The van der Waals surface area contributed by atoms with E-state index in [4.69, 9.17) is 5.73 Å². The smallest absolute Gasteiger partial charge is 0.00721 e. The highest BCUT2D eigenvalue weighted by Crippen LogP contribution is 2.31. The van der Waals surface area contributed by atoms with Crippen LogP contribution >= 0.6 is 12.4 Å². The molecule has 0 amide bonds. The molecule has 1 aliphatic rings. The summed E-state index contributed by atoms with van der Waals surface area (Å²) in [5.74, 6) is 2.42. The first-order chi connectivity index (χ1) is 5.11. The monoisotopic (exact) mass is 191 g/mol. The Morgan fingerprint density at radius 3 is 2.25 bits per heavy atom. The van der Waals surface area contributed by atoms with Gasteiger partial charge < -0.3 is 5.73 Å². The third-order valence-electron chi connectivity index (χ3n) is 3.07. The van der Waals surface area contributed by atoms with E-state index in [0.717, 1.165) is 17.8 Å². The fourth-order valence-corrected chi connectivity index (χ4v) is 2.28. The fraction of sp³-hybridized carbons (Fsp3) is 1.00. The fourth-order valence-electron chi connectivity index (χ4n) is 2.28. The second-order valence-corrected chi connectivity index (χ2v) is 4.49. The van der Waals surface area contributed by atoms with Crippen LogP contribution in [-0.4, -0.2) is 6.04 Å². The lowest BCUT2D eigenvalue weighted by molar-refractivity contribution is 0.199. The molecule has 0 spiro atoms. The highest BCUT2D eigenvalue weighted by Gasteiger charge is 2.27. The number of halogens is 1. The van der Waals surface area contributed by atoms with Gasteiger partial charge in [0.25, 0.3) is 0 Å². The molecule has 2 heteroatoms. The maximum Gasteiger partial charge on any atom is 0.00721 e. The van der Waals surface area contributed by atoms with Crippen molar-refractivity contribution in [2.24, 2.45) is 23.5 Å². The molecule has 2 N–H and O–H groups in total. The molecular weight excluding hydrogens is 170 g/mol. The summed E-state index contributed by atoms with van der Waals surface area (Å²) in [4.78, 5) is 0. The van der Waals surface area contributed by atoms with Crippen molar-refractivity contribution in [2.45, 2.75) is 46.1 Å². The first-order valence-electron chi connectivity index (χ1n) is 4.87. The Labute approximate surface area is 82.5 Å². The quantitative estimate of drug-likeness (QED) is 0.678. The summed E-state index contributed by atoms with van der Waals surface area (Å²) in [5, 5.41) is 0. The zero-order valence-corrected chi connectivity index (χ0v) is 9.23. The van der Waals surface area contributed by atoms with Crippen LogP contribution in [0.4, 0.5) is 0 Å². The summed E-state index contributed by atoms with van der Waals surface area (Å²) in [6, 6.07) is 0.471. The molecular formula is C10H22ClN. The van der Waals surface area contributed by atoms with Crippen molar-refractivity contribution in [2.75, 3.05) is 0 Å². The van der Waals surface area contributed by atoms with Gasteiger partial charge in [-0.25, -0.2) is 0 Å². The molecule has 0 bridgehead atoms. The lowest BCUT2D eigenvalue weighted by atomic mass is 9.74. The van der Waals surface area contributed by atoms with Crippen LogP contribution in [0.2, 0.25) is 0 Å². The molecule has 12 heavy (non-hydrogen) atoms. The van der Waals surface area contributed by atoms with Gasteiger partial charge >= 0.3 is 0 Å². The van der Waals surface area contributed by atoms with Crippen LogP contribution < -0.4 is 5.73 Å². The molecule has 1 saturated carbocycles. The van der Waals surface area contributed by atoms with Crippen LogP contribution in [0, 0.1) is 17.8 Å². The lowest BCUT2D eigenvalue weighted by Gasteiger charge is -2.34. The zero-order chi connectivity index (χ0) is 8.43. The van der Waals surface area contributed by atoms with E-state index in [9.17, 15) is 0 Å². The normalized spacial score (nSPS) is 36.2. The highest BCUT2D eigenvalue weighted by molar-refractivity contribution is 5.85. The topological polar surface area (TPSA) is 26.0 Å². The van der Waals surface area contributed by atoms with Gasteiger partial charge in [-0.05, 0) is 30.6 Å². The third kappa shape index (κ3) is 2.95. The van der Waals surface area contributed by atoms with E-state index in [-0.39, 0.29) is 12.4 Å². The number of nitrogens with two attached hydrogens (primary N) is 1. The molecule has 0 aromatic heterocycles. The van der Waals surface area contributed by atoms with Crippen molar-refractivity contribution < 1.29 is 0 Å². The van der Waals surface area contributed by atoms with Gasteiger partial charge in [0, 0.05) is 6.04 Å². The summed E-state index contributed by atoms with van der Waals surface area (Å²) < 4.78 is 0. The molecule has 0 saturated heterocycles. The largest absolute Gasteiger partial charge is 0.327 e. The maximum absolute atomic E-state index is 6.07. The average molecular weight is 192 g/mol. The number of rotatable bonds is 1. The summed E-state index contributed by atoms with van der Waals surface area (Å²) in [6.45, 7) is 6.90. The van der Waals surface area contributed by atoms with Crippen molar-refractivity contribution in [3.8, 4) is 0 Å². The Hall–Kier alpha value is 0.250. The molecule has 1 fully saturated rings. The molecule has 0 radical (unpaired) electrons. The molecule has 0 aromatic carbocycles. The van der Waals surface area contributed by atoms with E-state index in [1.165, 1.54) is 19.3 Å². The molecule has 1 nitrogen and oxygen atoms in total. The van der Waals surface area contributed by atoms with E-state index >= 15 is 0 Å². The van der Waals surface area contributed by atoms with Crippen LogP contribution in [0.1, 0.15) is 40.0 Å². The van der Waals surface area contributed by atoms with E-state index in [1.807, 2.05) is 0 Å². The lowest BCUT2D eigenvalue weighted by Crippen LogP contribution is -2.38. The Bertz CT molecular complexity index is 125. The minimum Gasteiger partial charge on any atom is -0.327 e. The average Bonchev–Trinajstić information content (AvgIpc) is 1.85. The van der Waals surface area contributed by atoms with Gasteiger partial charge in [0.2, 0.25) is 0 Å². The molecule has 0 heterocycles. The molecule has 3 atom stereocenters. The molecule has 0 aliphatic heterocycles. The van der Waals surface area contributed by atoms with E-state index in [1.54, 1.807) is 0 Å². The van der Waals surface area contributed by atoms with Gasteiger partial charge in [0.15, 0.2) is 0 Å². The molecule has 74 valence electrons. The van der Waals surface area contributed by atoms with E-state index in [2.05, 4.69) is 20.8 Å². The predicted molar refractivity (Wildman–Crippen MR) is 56.6 cm³/mol. The van der Waals surface area contributed by atoms with E-state index < -0.39 is 0 Å². The maximum atomic E-state index is 6.07. The van der Waals surface area contributed by atoms with Crippen LogP contribution in [-0.2, 0) is 0 Å². The van der Waals surface area contributed by atoms with Gasteiger partial charge in [0.1, 0.15) is 0 Å². The minimum absolute atomic E-state index is 0. The van der Waals surface area contributed by atoms with Crippen molar-refractivity contribution >= 4 is 12.4 Å². The van der Waals surface area contributed by atoms with Crippen molar-refractivity contribution in [1.82, 2.24) is 0 Å². The third-order valence-corrected chi connectivity index (χ3v) is 3.07. The van der Waals surface area contributed by atoms with Crippen LogP contribution in [0.5, 0.6) is 0 Å². The number of hydrogen-bond acceptors (Lipinski definition) is 1. The second-order valence-electron chi connectivity index (χ2n) is 4.49. The Morgan fingerprint density at radius 1 is 1.25 bits per heavy atom. The molecule has 1 aliphatic carbocycles. The first-order valence-corrected chi connectivity index (χ1v) is 4.87.